The number of hydrogen-bond donors (Lipinski definition) is 0. The topological polar surface area (TPSA) is 61.6 Å². The molecule has 1 aromatic rings. The van der Waals surface area contributed by atoms with Crippen LogP contribution in [0.5, 0.6) is 5.75 Å². The highest BCUT2D eigenvalue weighted by atomic mass is 79.9. The average Bonchev–Trinajstić information content (AvgIpc) is 2.37. The fourth-order valence-electron chi connectivity index (χ4n) is 1.94. The number of hydrogen-bond acceptors (Lipinski definition) is 4. The Kier molecular flexibility index (Phi) is 4.81. The van der Waals surface area contributed by atoms with Gasteiger partial charge in [0.15, 0.2) is 0 Å². The smallest absolute Gasteiger partial charge is 0.287 e. The predicted molar refractivity (Wildman–Crippen MR) is 78.0 cm³/mol. The molecule has 0 aliphatic heterocycles. The van der Waals surface area contributed by atoms with E-state index in [1.807, 2.05) is 6.92 Å². The molecular weight excluding hydrogens is 382 g/mol. The largest absolute Gasteiger partial charge is 0.486 e. The highest BCUT2D eigenvalue weighted by Gasteiger charge is 2.42. The maximum Gasteiger partial charge on any atom is 0.287 e. The molecule has 1 aliphatic rings. The number of ether oxygens (including phenoxy) is 2. The number of nitrogens with zero attached hydrogens (tertiary/aromatic N) is 1. The molecule has 1 saturated carbocycles. The summed E-state index contributed by atoms with van der Waals surface area (Å²) < 4.78 is 11.7. The van der Waals surface area contributed by atoms with Crippen LogP contribution < -0.4 is 4.74 Å². The molecule has 3 unspecified atom stereocenters. The second kappa shape index (κ2) is 6.19. The summed E-state index contributed by atoms with van der Waals surface area (Å²) in [6.07, 6.45) is 0.721. The van der Waals surface area contributed by atoms with E-state index in [9.17, 15) is 10.1 Å². The molecule has 0 radical (unpaired) electrons. The molecule has 0 bridgehead atoms. The molecule has 1 aromatic carbocycles. The van der Waals surface area contributed by atoms with Crippen molar-refractivity contribution in [3.8, 4) is 5.75 Å². The lowest BCUT2D eigenvalue weighted by atomic mass is 9.91. The van der Waals surface area contributed by atoms with Crippen LogP contribution in [0.1, 0.15) is 13.3 Å². The van der Waals surface area contributed by atoms with E-state index in [2.05, 4.69) is 31.9 Å². The van der Waals surface area contributed by atoms with Crippen molar-refractivity contribution < 1.29 is 14.4 Å². The van der Waals surface area contributed by atoms with E-state index in [0.29, 0.717) is 16.8 Å². The van der Waals surface area contributed by atoms with Gasteiger partial charge in [-0.3, -0.25) is 10.1 Å². The Labute approximate surface area is 127 Å². The average molecular weight is 395 g/mol. The minimum atomic E-state index is -0.439. The lowest BCUT2D eigenvalue weighted by Gasteiger charge is -2.40. The Morgan fingerprint density at radius 1 is 1.53 bits per heavy atom. The molecule has 0 amide bonds. The number of alkyl halides is 1. The third kappa shape index (κ3) is 3.09. The van der Waals surface area contributed by atoms with Crippen LogP contribution in [0.25, 0.3) is 0 Å². The van der Waals surface area contributed by atoms with Gasteiger partial charge in [-0.15, -0.1) is 0 Å². The summed E-state index contributed by atoms with van der Waals surface area (Å²) in [4.78, 5) is 10.7. The first-order chi connectivity index (χ1) is 9.04. The van der Waals surface area contributed by atoms with Gasteiger partial charge in [-0.1, -0.05) is 22.0 Å². The first kappa shape index (κ1) is 14.7. The van der Waals surface area contributed by atoms with Gasteiger partial charge in [0.25, 0.3) is 5.69 Å². The van der Waals surface area contributed by atoms with E-state index in [1.165, 1.54) is 6.07 Å². The molecule has 7 heteroatoms. The standard InChI is InChI=1S/C12H13Br2NO4/c1-2-18-12-7(13)6-10(12)19-9-5-3-4-8(11(9)14)15(16)17/h3-5,7,10,12H,2,6H2,1H3. The Morgan fingerprint density at radius 2 is 2.26 bits per heavy atom. The summed E-state index contributed by atoms with van der Waals surface area (Å²) in [6.45, 7) is 2.54. The lowest BCUT2D eigenvalue weighted by molar-refractivity contribution is -0.385. The summed E-state index contributed by atoms with van der Waals surface area (Å²) in [5, 5.41) is 10.8. The fraction of sp³-hybridized carbons (Fsp3) is 0.500. The molecule has 19 heavy (non-hydrogen) atoms. The molecule has 1 fully saturated rings. The fourth-order valence-corrected chi connectivity index (χ4v) is 3.30. The van der Waals surface area contributed by atoms with Crippen molar-refractivity contribution in [3.05, 3.63) is 32.8 Å². The summed E-state index contributed by atoms with van der Waals surface area (Å²) in [5.74, 6) is 0.475. The van der Waals surface area contributed by atoms with Crippen molar-refractivity contribution in [1.82, 2.24) is 0 Å². The van der Waals surface area contributed by atoms with Crippen molar-refractivity contribution in [1.29, 1.82) is 0 Å². The molecule has 3 atom stereocenters. The number of nitro groups is 1. The maximum absolute atomic E-state index is 10.8. The Hall–Kier alpha value is -0.660. The van der Waals surface area contributed by atoms with Crippen LogP contribution in [0.3, 0.4) is 0 Å². The second-order valence-corrected chi connectivity index (χ2v) is 6.14. The molecule has 0 aromatic heterocycles. The number of nitro benzene ring substituents is 1. The maximum atomic E-state index is 10.8. The van der Waals surface area contributed by atoms with Crippen LogP contribution in [0.4, 0.5) is 5.69 Å². The van der Waals surface area contributed by atoms with Crippen molar-refractivity contribution >= 4 is 37.5 Å². The highest BCUT2D eigenvalue weighted by molar-refractivity contribution is 9.10. The number of halogens is 2. The summed E-state index contributed by atoms with van der Waals surface area (Å²) in [5.41, 5.74) is 0.000163. The zero-order valence-corrected chi connectivity index (χ0v) is 13.4. The second-order valence-electron chi connectivity index (χ2n) is 4.17. The van der Waals surface area contributed by atoms with Gasteiger partial charge in [-0.05, 0) is 28.9 Å². The molecule has 5 nitrogen and oxygen atoms in total. The third-order valence-corrected chi connectivity index (χ3v) is 4.65. The molecular formula is C12H13Br2NO4. The first-order valence-corrected chi connectivity index (χ1v) is 7.60. The minimum absolute atomic E-state index is 0.000163. The van der Waals surface area contributed by atoms with Crippen molar-refractivity contribution in [2.75, 3.05) is 6.61 Å². The van der Waals surface area contributed by atoms with Crippen molar-refractivity contribution in [2.24, 2.45) is 0 Å². The van der Waals surface area contributed by atoms with E-state index in [4.69, 9.17) is 9.47 Å². The normalized spacial score (nSPS) is 25.7. The van der Waals surface area contributed by atoms with E-state index in [-0.39, 0.29) is 22.7 Å². The summed E-state index contributed by atoms with van der Waals surface area (Å²) in [7, 11) is 0. The van der Waals surface area contributed by atoms with E-state index < -0.39 is 4.92 Å². The van der Waals surface area contributed by atoms with Crippen LogP contribution >= 0.6 is 31.9 Å². The van der Waals surface area contributed by atoms with Gasteiger partial charge in [0.05, 0.1) is 4.92 Å². The monoisotopic (exact) mass is 393 g/mol. The van der Waals surface area contributed by atoms with Crippen molar-refractivity contribution in [2.45, 2.75) is 30.4 Å². The van der Waals surface area contributed by atoms with E-state index in [1.54, 1.807) is 12.1 Å². The Balaban J connectivity index is 2.12. The van der Waals surface area contributed by atoms with Crippen molar-refractivity contribution in [3.63, 3.8) is 0 Å². The summed E-state index contributed by atoms with van der Waals surface area (Å²) >= 11 is 6.73. The van der Waals surface area contributed by atoms with E-state index in [0.717, 1.165) is 6.42 Å². The van der Waals surface area contributed by atoms with Gasteiger partial charge in [0.2, 0.25) is 0 Å². The highest BCUT2D eigenvalue weighted by Crippen LogP contribution is 2.39. The predicted octanol–water partition coefficient (Wildman–Crippen LogP) is 3.68. The third-order valence-electron chi connectivity index (χ3n) is 2.96. The zero-order valence-electron chi connectivity index (χ0n) is 10.2. The molecule has 0 N–H and O–H groups in total. The molecule has 104 valence electrons. The molecule has 0 saturated heterocycles. The molecule has 0 spiro atoms. The number of benzene rings is 1. The SMILES string of the molecule is CCOC1C(Br)CC1Oc1cccc([N+](=O)[O-])c1Br. The van der Waals surface area contributed by atoms with Gasteiger partial charge < -0.3 is 9.47 Å². The summed E-state index contributed by atoms with van der Waals surface area (Å²) in [6, 6.07) is 4.75. The lowest BCUT2D eigenvalue weighted by Crippen LogP contribution is -2.52. The molecule has 2 rings (SSSR count). The Morgan fingerprint density at radius 3 is 2.84 bits per heavy atom. The van der Waals surface area contributed by atoms with Gasteiger partial charge in [0.1, 0.15) is 22.4 Å². The molecule has 1 aliphatic carbocycles. The van der Waals surface area contributed by atoms with Crippen LogP contribution in [0.15, 0.2) is 22.7 Å². The molecule has 0 heterocycles. The van der Waals surface area contributed by atoms with Gasteiger partial charge in [-0.2, -0.15) is 0 Å². The minimum Gasteiger partial charge on any atom is -0.486 e. The van der Waals surface area contributed by atoms with Crippen LogP contribution in [-0.4, -0.2) is 28.6 Å². The van der Waals surface area contributed by atoms with Crippen LogP contribution in [0, 0.1) is 10.1 Å². The van der Waals surface area contributed by atoms with Gasteiger partial charge >= 0.3 is 0 Å². The van der Waals surface area contributed by atoms with Crippen LogP contribution in [0.2, 0.25) is 0 Å². The first-order valence-electron chi connectivity index (χ1n) is 5.89. The Bertz CT molecular complexity index is 483. The van der Waals surface area contributed by atoms with E-state index >= 15 is 0 Å². The van der Waals surface area contributed by atoms with Crippen LogP contribution in [-0.2, 0) is 4.74 Å². The quantitative estimate of drug-likeness (QED) is 0.434. The van der Waals surface area contributed by atoms with Gasteiger partial charge in [0, 0.05) is 23.9 Å². The zero-order chi connectivity index (χ0) is 14.0. The number of rotatable bonds is 5. The van der Waals surface area contributed by atoms with Gasteiger partial charge in [-0.25, -0.2) is 0 Å².